The highest BCUT2D eigenvalue weighted by Gasteiger charge is 2.22. The first-order valence-corrected chi connectivity index (χ1v) is 12.2. The van der Waals surface area contributed by atoms with E-state index in [1.165, 1.54) is 5.56 Å². The fourth-order valence-electron chi connectivity index (χ4n) is 4.85. The first-order chi connectivity index (χ1) is 17.6. The van der Waals surface area contributed by atoms with Crippen molar-refractivity contribution < 1.29 is 14.3 Å². The quantitative estimate of drug-likeness (QED) is 0.353. The molecular formula is C31H28N2O3. The zero-order valence-electron chi connectivity index (χ0n) is 20.3. The molecule has 0 aromatic heterocycles. The molecule has 0 bridgehead atoms. The molecule has 5 nitrogen and oxygen atoms in total. The van der Waals surface area contributed by atoms with E-state index in [1.54, 1.807) is 7.11 Å². The lowest BCUT2D eigenvalue weighted by atomic mass is 9.87. The van der Waals surface area contributed by atoms with E-state index in [0.717, 1.165) is 58.2 Å². The van der Waals surface area contributed by atoms with E-state index in [4.69, 9.17) is 14.7 Å². The highest BCUT2D eigenvalue weighted by Crippen LogP contribution is 2.33. The summed E-state index contributed by atoms with van der Waals surface area (Å²) in [7, 11) is 1.63. The molecule has 4 aromatic carbocycles. The number of ether oxygens (including phenoxy) is 2. The van der Waals surface area contributed by atoms with Gasteiger partial charge >= 0.3 is 0 Å². The van der Waals surface area contributed by atoms with E-state index in [9.17, 15) is 4.79 Å². The van der Waals surface area contributed by atoms with E-state index >= 15 is 0 Å². The van der Waals surface area contributed by atoms with E-state index in [0.29, 0.717) is 18.6 Å². The molecule has 1 atom stereocenters. The molecule has 0 saturated heterocycles. The maximum absolute atomic E-state index is 12.8. The van der Waals surface area contributed by atoms with Gasteiger partial charge in [-0.25, -0.2) is 0 Å². The van der Waals surface area contributed by atoms with Gasteiger partial charge in [0.2, 0.25) is 5.91 Å². The van der Waals surface area contributed by atoms with Gasteiger partial charge in [-0.15, -0.1) is 0 Å². The Balaban J connectivity index is 1.26. The van der Waals surface area contributed by atoms with Crippen LogP contribution in [0, 0.1) is 11.3 Å². The summed E-state index contributed by atoms with van der Waals surface area (Å²) >= 11 is 0. The zero-order chi connectivity index (χ0) is 24.9. The van der Waals surface area contributed by atoms with Crippen LogP contribution in [0.15, 0.2) is 78.9 Å². The van der Waals surface area contributed by atoms with E-state index < -0.39 is 0 Å². The number of hydrogen-bond donors (Lipinski definition) is 1. The molecule has 4 aromatic rings. The van der Waals surface area contributed by atoms with Crippen molar-refractivity contribution in [1.29, 1.82) is 5.26 Å². The fourth-order valence-corrected chi connectivity index (χ4v) is 4.85. The summed E-state index contributed by atoms with van der Waals surface area (Å²) in [4.78, 5) is 12.8. The number of methoxy groups -OCH3 is 1. The molecule has 0 saturated carbocycles. The number of hydrogen-bond acceptors (Lipinski definition) is 4. The van der Waals surface area contributed by atoms with E-state index in [2.05, 4.69) is 29.6 Å². The number of rotatable bonds is 7. The van der Waals surface area contributed by atoms with Gasteiger partial charge < -0.3 is 14.8 Å². The largest absolute Gasteiger partial charge is 0.497 e. The molecule has 0 heterocycles. The maximum Gasteiger partial charge on any atom is 0.224 e. The molecule has 1 aliphatic carbocycles. The third kappa shape index (κ3) is 5.34. The minimum atomic E-state index is -0.0228. The van der Waals surface area contributed by atoms with Gasteiger partial charge in [0, 0.05) is 0 Å². The molecule has 1 aliphatic rings. The predicted molar refractivity (Wildman–Crippen MR) is 140 cm³/mol. The Labute approximate surface area is 211 Å². The maximum atomic E-state index is 12.8. The molecule has 1 amide bonds. The number of fused-ring (bicyclic) bond motifs is 2. The van der Waals surface area contributed by atoms with Crippen molar-refractivity contribution in [3.8, 4) is 17.6 Å². The van der Waals surface area contributed by atoms with Crippen LogP contribution in [0.1, 0.15) is 46.7 Å². The SMILES string of the molecule is COc1cccc(CC(=O)NC2CCCc3ccc(OCc4ccc5cc(C#N)ccc5c4)cc32)c1. The van der Waals surface area contributed by atoms with Crippen molar-refractivity contribution in [2.75, 3.05) is 7.11 Å². The smallest absolute Gasteiger partial charge is 0.224 e. The van der Waals surface area contributed by atoms with Gasteiger partial charge in [-0.2, -0.15) is 5.26 Å². The van der Waals surface area contributed by atoms with Crippen LogP contribution in [-0.2, 0) is 24.2 Å². The lowest BCUT2D eigenvalue weighted by Crippen LogP contribution is -2.32. The molecule has 1 N–H and O–H groups in total. The Hall–Kier alpha value is -4.30. The van der Waals surface area contributed by atoms with Crippen molar-refractivity contribution in [2.45, 2.75) is 38.3 Å². The monoisotopic (exact) mass is 476 g/mol. The van der Waals surface area contributed by atoms with E-state index in [1.807, 2.05) is 60.7 Å². The van der Waals surface area contributed by atoms with Gasteiger partial charge in [-0.3, -0.25) is 4.79 Å². The third-order valence-electron chi connectivity index (χ3n) is 6.70. The molecule has 0 spiro atoms. The van der Waals surface area contributed by atoms with Crippen LogP contribution in [0.5, 0.6) is 11.5 Å². The second-order valence-electron chi connectivity index (χ2n) is 9.20. The van der Waals surface area contributed by atoms with Crippen molar-refractivity contribution >= 4 is 16.7 Å². The van der Waals surface area contributed by atoms with Crippen LogP contribution in [0.2, 0.25) is 0 Å². The Morgan fingerprint density at radius 3 is 2.69 bits per heavy atom. The molecule has 180 valence electrons. The molecule has 5 rings (SSSR count). The van der Waals surface area contributed by atoms with Crippen molar-refractivity contribution in [2.24, 2.45) is 0 Å². The first kappa shape index (κ1) is 23.4. The van der Waals surface area contributed by atoms with Crippen LogP contribution in [0.4, 0.5) is 0 Å². The average molecular weight is 477 g/mol. The number of nitriles is 1. The highest BCUT2D eigenvalue weighted by molar-refractivity contribution is 5.84. The summed E-state index contributed by atoms with van der Waals surface area (Å²) in [5.41, 5.74) is 5.05. The van der Waals surface area contributed by atoms with Gasteiger partial charge in [0.1, 0.15) is 18.1 Å². The summed E-state index contributed by atoms with van der Waals surface area (Å²) in [6, 6.07) is 27.8. The lowest BCUT2D eigenvalue weighted by Gasteiger charge is -2.27. The van der Waals surface area contributed by atoms with Crippen molar-refractivity contribution in [3.63, 3.8) is 0 Å². The Kier molecular flexibility index (Phi) is 6.86. The second-order valence-corrected chi connectivity index (χ2v) is 9.20. The normalized spacial score (nSPS) is 14.5. The minimum absolute atomic E-state index is 0.00291. The first-order valence-electron chi connectivity index (χ1n) is 12.2. The Bertz CT molecular complexity index is 1450. The number of nitrogens with zero attached hydrogens (tertiary/aromatic N) is 1. The molecule has 36 heavy (non-hydrogen) atoms. The summed E-state index contributed by atoms with van der Waals surface area (Å²) in [5, 5.41) is 14.5. The summed E-state index contributed by atoms with van der Waals surface area (Å²) in [6.45, 7) is 0.446. The van der Waals surface area contributed by atoms with E-state index in [-0.39, 0.29) is 11.9 Å². The summed E-state index contributed by atoms with van der Waals surface area (Å²) in [5.74, 6) is 1.55. The fraction of sp³-hybridized carbons (Fsp3) is 0.226. The van der Waals surface area contributed by atoms with Gasteiger partial charge in [-0.1, -0.05) is 36.4 Å². The zero-order valence-corrected chi connectivity index (χ0v) is 20.3. The minimum Gasteiger partial charge on any atom is -0.497 e. The number of amides is 1. The van der Waals surface area contributed by atoms with Gasteiger partial charge in [0.25, 0.3) is 0 Å². The highest BCUT2D eigenvalue weighted by atomic mass is 16.5. The van der Waals surface area contributed by atoms with Crippen molar-refractivity contribution in [1.82, 2.24) is 5.32 Å². The molecular weight excluding hydrogens is 448 g/mol. The van der Waals surface area contributed by atoms with Crippen LogP contribution in [0.25, 0.3) is 10.8 Å². The van der Waals surface area contributed by atoms with Crippen LogP contribution in [-0.4, -0.2) is 13.0 Å². The molecule has 5 heteroatoms. The van der Waals surface area contributed by atoms with Crippen molar-refractivity contribution in [3.05, 3.63) is 107 Å². The Morgan fingerprint density at radius 1 is 0.972 bits per heavy atom. The molecule has 1 unspecified atom stereocenters. The Morgan fingerprint density at radius 2 is 1.83 bits per heavy atom. The number of carbonyl (C=O) groups is 1. The molecule has 0 radical (unpaired) electrons. The van der Waals surface area contributed by atoms with Crippen LogP contribution < -0.4 is 14.8 Å². The van der Waals surface area contributed by atoms with Crippen LogP contribution in [0.3, 0.4) is 0 Å². The number of benzene rings is 4. The van der Waals surface area contributed by atoms with Gasteiger partial charge in [-0.05, 0) is 94.8 Å². The topological polar surface area (TPSA) is 71.3 Å². The predicted octanol–water partition coefficient (Wildman–Crippen LogP) is 6.04. The summed E-state index contributed by atoms with van der Waals surface area (Å²) < 4.78 is 11.4. The summed E-state index contributed by atoms with van der Waals surface area (Å²) in [6.07, 6.45) is 3.28. The van der Waals surface area contributed by atoms with Crippen LogP contribution >= 0.6 is 0 Å². The lowest BCUT2D eigenvalue weighted by molar-refractivity contribution is -0.121. The standard InChI is InChI=1S/C31H28N2O3/c1-35-27-6-2-4-21(16-27)17-31(34)33-30-7-3-5-24-12-13-28(18-29(24)30)36-20-23-9-11-25-14-22(19-32)8-10-26(25)15-23/h2,4,6,8-16,18,30H,3,5,7,17,20H2,1H3,(H,33,34). The molecule has 0 aliphatic heterocycles. The number of carbonyl (C=O) groups excluding carboxylic acids is 1. The average Bonchev–Trinajstić information content (AvgIpc) is 2.91. The second kappa shape index (κ2) is 10.5. The molecule has 0 fully saturated rings. The number of aryl methyl sites for hydroxylation is 1. The number of nitrogens with one attached hydrogen (secondary N) is 1. The third-order valence-corrected chi connectivity index (χ3v) is 6.70. The van der Waals surface area contributed by atoms with Gasteiger partial charge in [0.05, 0.1) is 31.2 Å². The van der Waals surface area contributed by atoms with Gasteiger partial charge in [0.15, 0.2) is 0 Å².